The summed E-state index contributed by atoms with van der Waals surface area (Å²) in [6.45, 7) is 2.56. The first-order valence-corrected chi connectivity index (χ1v) is 9.55. The lowest BCUT2D eigenvalue weighted by atomic mass is 10.0. The number of hydrogen-bond acceptors (Lipinski definition) is 5. The van der Waals surface area contributed by atoms with Gasteiger partial charge < -0.3 is 24.8 Å². The molecule has 3 N–H and O–H groups in total. The van der Waals surface area contributed by atoms with Gasteiger partial charge in [-0.1, -0.05) is 44.8 Å². The average Bonchev–Trinajstić information content (AvgIpc) is 2.58. The second-order valence-corrected chi connectivity index (χ2v) is 6.62. The number of unbranched alkanes of at least 4 members (excludes halogenated alkanes) is 7. The van der Waals surface area contributed by atoms with E-state index in [1.54, 1.807) is 0 Å². The van der Waals surface area contributed by atoms with E-state index in [-0.39, 0.29) is 13.2 Å². The van der Waals surface area contributed by atoms with Gasteiger partial charge in [0, 0.05) is 6.61 Å². The van der Waals surface area contributed by atoms with Gasteiger partial charge >= 0.3 is 0 Å². The minimum absolute atomic E-state index is 0.0912. The molecule has 0 saturated carbocycles. The molecule has 0 unspecified atom stereocenters. The summed E-state index contributed by atoms with van der Waals surface area (Å²) < 4.78 is 10.8. The second kappa shape index (κ2) is 13.8. The lowest BCUT2D eigenvalue weighted by Crippen LogP contribution is -2.55. The predicted molar refractivity (Wildman–Crippen MR) is 94.9 cm³/mol. The Morgan fingerprint density at radius 2 is 1.67 bits per heavy atom. The topological polar surface area (TPSA) is 79.2 Å². The van der Waals surface area contributed by atoms with Gasteiger partial charge in [0.1, 0.15) is 24.4 Å². The van der Waals surface area contributed by atoms with Gasteiger partial charge in [-0.25, -0.2) is 0 Å². The highest BCUT2D eigenvalue weighted by Gasteiger charge is 2.38. The zero-order valence-corrected chi connectivity index (χ0v) is 15.1. The number of aliphatic hydroxyl groups excluding tert-OH is 3. The molecule has 0 bridgehead atoms. The van der Waals surface area contributed by atoms with E-state index in [4.69, 9.17) is 14.6 Å². The molecule has 5 heteroatoms. The molecule has 0 aromatic rings. The number of allylic oxidation sites excluding steroid dienone is 2. The highest BCUT2D eigenvalue weighted by molar-refractivity contribution is 4.87. The zero-order chi connectivity index (χ0) is 17.6. The SMILES string of the molecule is CCCCCCC/C=C/CCCCO[C@H]1[C@H](O)[C@@H](CO)OC[C@@H]1O. The van der Waals surface area contributed by atoms with Gasteiger partial charge in [0.05, 0.1) is 13.2 Å². The van der Waals surface area contributed by atoms with Gasteiger partial charge in [-0.15, -0.1) is 0 Å². The van der Waals surface area contributed by atoms with Crippen LogP contribution in [0.4, 0.5) is 0 Å². The minimum atomic E-state index is -0.980. The minimum Gasteiger partial charge on any atom is -0.394 e. The molecular formula is C19H36O5. The maximum Gasteiger partial charge on any atom is 0.114 e. The Morgan fingerprint density at radius 3 is 2.33 bits per heavy atom. The van der Waals surface area contributed by atoms with Crippen LogP contribution in [-0.4, -0.2) is 59.6 Å². The first-order chi connectivity index (χ1) is 11.7. The third-order valence-electron chi connectivity index (χ3n) is 4.47. The Balaban J connectivity index is 2.01. The smallest absolute Gasteiger partial charge is 0.114 e. The summed E-state index contributed by atoms with van der Waals surface area (Å²) in [5, 5.41) is 28.9. The van der Waals surface area contributed by atoms with Crippen molar-refractivity contribution in [1.82, 2.24) is 0 Å². The lowest BCUT2D eigenvalue weighted by Gasteiger charge is -2.37. The van der Waals surface area contributed by atoms with E-state index >= 15 is 0 Å². The quantitative estimate of drug-likeness (QED) is 0.353. The second-order valence-electron chi connectivity index (χ2n) is 6.62. The highest BCUT2D eigenvalue weighted by atomic mass is 16.6. The molecule has 1 fully saturated rings. The fraction of sp³-hybridized carbons (Fsp3) is 0.895. The normalized spacial score (nSPS) is 27.8. The predicted octanol–water partition coefficient (Wildman–Crippen LogP) is 2.57. The van der Waals surface area contributed by atoms with Crippen molar-refractivity contribution in [3.8, 4) is 0 Å². The maximum atomic E-state index is 10.00. The van der Waals surface area contributed by atoms with Gasteiger partial charge in [0.15, 0.2) is 0 Å². The number of aliphatic hydroxyl groups is 3. The molecule has 1 aliphatic heterocycles. The molecule has 0 aromatic carbocycles. The molecule has 142 valence electrons. The molecule has 0 aliphatic carbocycles. The van der Waals surface area contributed by atoms with Gasteiger partial charge in [0.2, 0.25) is 0 Å². The van der Waals surface area contributed by atoms with Crippen molar-refractivity contribution in [3.05, 3.63) is 12.2 Å². The summed E-state index contributed by atoms with van der Waals surface area (Å²) in [4.78, 5) is 0. The van der Waals surface area contributed by atoms with Gasteiger partial charge in [-0.05, 0) is 32.1 Å². The van der Waals surface area contributed by atoms with Crippen molar-refractivity contribution < 1.29 is 24.8 Å². The van der Waals surface area contributed by atoms with E-state index in [0.29, 0.717) is 6.61 Å². The Hall–Kier alpha value is -0.460. The van der Waals surface area contributed by atoms with Gasteiger partial charge in [-0.2, -0.15) is 0 Å². The summed E-state index contributed by atoms with van der Waals surface area (Å²) in [7, 11) is 0. The Kier molecular flexibility index (Phi) is 12.4. The van der Waals surface area contributed by atoms with Crippen LogP contribution in [0, 0.1) is 0 Å². The van der Waals surface area contributed by atoms with Gasteiger partial charge in [0.25, 0.3) is 0 Å². The van der Waals surface area contributed by atoms with E-state index in [0.717, 1.165) is 19.3 Å². The first kappa shape index (κ1) is 21.6. The van der Waals surface area contributed by atoms with Gasteiger partial charge in [-0.3, -0.25) is 0 Å². The van der Waals surface area contributed by atoms with Crippen molar-refractivity contribution in [2.75, 3.05) is 19.8 Å². The fourth-order valence-electron chi connectivity index (χ4n) is 2.91. The average molecular weight is 344 g/mol. The largest absolute Gasteiger partial charge is 0.394 e. The van der Waals surface area contributed by atoms with Crippen molar-refractivity contribution in [1.29, 1.82) is 0 Å². The molecule has 0 amide bonds. The molecule has 1 heterocycles. The van der Waals surface area contributed by atoms with Crippen LogP contribution in [0.3, 0.4) is 0 Å². The van der Waals surface area contributed by atoms with Crippen LogP contribution in [-0.2, 0) is 9.47 Å². The van der Waals surface area contributed by atoms with E-state index in [2.05, 4.69) is 19.1 Å². The Morgan fingerprint density at radius 1 is 1.00 bits per heavy atom. The summed E-state index contributed by atoms with van der Waals surface area (Å²) >= 11 is 0. The Bertz CT molecular complexity index is 321. The third kappa shape index (κ3) is 8.58. The van der Waals surface area contributed by atoms with Crippen molar-refractivity contribution in [3.63, 3.8) is 0 Å². The highest BCUT2D eigenvalue weighted by Crippen LogP contribution is 2.18. The van der Waals surface area contributed by atoms with E-state index in [9.17, 15) is 10.2 Å². The van der Waals surface area contributed by atoms with Crippen LogP contribution >= 0.6 is 0 Å². The summed E-state index contributed by atoms with van der Waals surface area (Å²) in [6, 6.07) is 0. The summed E-state index contributed by atoms with van der Waals surface area (Å²) in [5.41, 5.74) is 0. The monoisotopic (exact) mass is 344 g/mol. The van der Waals surface area contributed by atoms with Crippen LogP contribution in [0.1, 0.15) is 64.7 Å². The van der Waals surface area contributed by atoms with Crippen LogP contribution in [0.15, 0.2) is 12.2 Å². The summed E-state index contributed by atoms with van der Waals surface area (Å²) in [6.07, 6.45) is 12.1. The van der Waals surface area contributed by atoms with Crippen molar-refractivity contribution >= 4 is 0 Å². The third-order valence-corrected chi connectivity index (χ3v) is 4.47. The van der Waals surface area contributed by atoms with Crippen LogP contribution in [0.5, 0.6) is 0 Å². The Labute approximate surface area is 146 Å². The standard InChI is InChI=1S/C19H36O5/c1-2-3-4-5-6-7-8-9-10-11-12-13-23-19-16(21)15-24-17(14-20)18(19)22/h8-9,16-22H,2-7,10-15H2,1H3/b9-8+/t16-,17+,18+,19+/m0/s1. The van der Waals surface area contributed by atoms with Crippen LogP contribution in [0.2, 0.25) is 0 Å². The van der Waals surface area contributed by atoms with E-state index < -0.39 is 24.4 Å². The fourth-order valence-corrected chi connectivity index (χ4v) is 2.91. The molecule has 1 rings (SSSR count). The molecule has 0 aromatic heterocycles. The molecule has 1 saturated heterocycles. The molecule has 1 aliphatic rings. The molecule has 4 atom stereocenters. The number of hydrogen-bond donors (Lipinski definition) is 3. The molecule has 24 heavy (non-hydrogen) atoms. The maximum absolute atomic E-state index is 10.00. The van der Waals surface area contributed by atoms with Crippen LogP contribution in [0.25, 0.3) is 0 Å². The number of rotatable bonds is 13. The molecule has 0 spiro atoms. The zero-order valence-electron chi connectivity index (χ0n) is 15.1. The van der Waals surface area contributed by atoms with Crippen molar-refractivity contribution in [2.45, 2.75) is 89.1 Å². The lowest BCUT2D eigenvalue weighted by molar-refractivity contribution is -0.210. The van der Waals surface area contributed by atoms with E-state index in [1.807, 2.05) is 0 Å². The van der Waals surface area contributed by atoms with Crippen molar-refractivity contribution in [2.24, 2.45) is 0 Å². The van der Waals surface area contributed by atoms with Crippen LogP contribution < -0.4 is 0 Å². The molecule has 0 radical (unpaired) electrons. The molecule has 5 nitrogen and oxygen atoms in total. The summed E-state index contributed by atoms with van der Waals surface area (Å²) in [5.74, 6) is 0. The van der Waals surface area contributed by atoms with E-state index in [1.165, 1.54) is 38.5 Å². The first-order valence-electron chi connectivity index (χ1n) is 9.55. The molecular weight excluding hydrogens is 308 g/mol. The number of ether oxygens (including phenoxy) is 2.